The lowest BCUT2D eigenvalue weighted by Crippen LogP contribution is -2.40. The molecule has 1 heterocycles. The molecule has 1 aliphatic rings. The SMILES string of the molecule is O=C(Nc1cccc(CNC(=O)C2CCN(c3ccccc3[N+](=O)[O-])CC2)c1)c1ccc(F)cc1. The van der Waals surface area contributed by atoms with E-state index in [9.17, 15) is 24.1 Å². The Morgan fingerprint density at radius 2 is 1.71 bits per heavy atom. The van der Waals surface area contributed by atoms with Crippen LogP contribution in [0.1, 0.15) is 28.8 Å². The summed E-state index contributed by atoms with van der Waals surface area (Å²) in [5.74, 6) is -0.994. The number of amides is 2. The van der Waals surface area contributed by atoms with E-state index < -0.39 is 5.82 Å². The van der Waals surface area contributed by atoms with Crippen molar-refractivity contribution < 1.29 is 18.9 Å². The van der Waals surface area contributed by atoms with Crippen LogP contribution in [0.4, 0.5) is 21.5 Å². The predicted octanol–water partition coefficient (Wildman–Crippen LogP) is 4.52. The normalized spacial score (nSPS) is 13.8. The molecule has 2 amide bonds. The predicted molar refractivity (Wildman–Crippen MR) is 131 cm³/mol. The Balaban J connectivity index is 1.29. The number of nitro benzene ring substituents is 1. The number of benzene rings is 3. The van der Waals surface area contributed by atoms with Crippen molar-refractivity contribution in [3.63, 3.8) is 0 Å². The number of rotatable bonds is 7. The van der Waals surface area contributed by atoms with Gasteiger partial charge in [-0.05, 0) is 60.9 Å². The van der Waals surface area contributed by atoms with E-state index in [2.05, 4.69) is 10.6 Å². The van der Waals surface area contributed by atoms with Gasteiger partial charge in [-0.2, -0.15) is 0 Å². The number of piperidine rings is 1. The van der Waals surface area contributed by atoms with Gasteiger partial charge in [0, 0.05) is 42.9 Å². The van der Waals surface area contributed by atoms with Gasteiger partial charge in [-0.15, -0.1) is 0 Å². The van der Waals surface area contributed by atoms with Crippen LogP contribution in [0.3, 0.4) is 0 Å². The van der Waals surface area contributed by atoms with E-state index in [1.165, 1.54) is 30.3 Å². The number of carbonyl (C=O) groups is 2. The topological polar surface area (TPSA) is 105 Å². The lowest BCUT2D eigenvalue weighted by molar-refractivity contribution is -0.384. The molecular formula is C26H25FN4O4. The highest BCUT2D eigenvalue weighted by Crippen LogP contribution is 2.31. The van der Waals surface area contributed by atoms with E-state index in [1.54, 1.807) is 36.4 Å². The molecule has 0 radical (unpaired) electrons. The van der Waals surface area contributed by atoms with Crippen molar-refractivity contribution in [1.82, 2.24) is 5.32 Å². The molecule has 0 unspecified atom stereocenters. The highest BCUT2D eigenvalue weighted by atomic mass is 19.1. The van der Waals surface area contributed by atoms with Gasteiger partial charge in [0.1, 0.15) is 11.5 Å². The largest absolute Gasteiger partial charge is 0.366 e. The van der Waals surface area contributed by atoms with Crippen molar-refractivity contribution in [3.05, 3.63) is 99.9 Å². The summed E-state index contributed by atoms with van der Waals surface area (Å²) in [7, 11) is 0. The standard InChI is InChI=1S/C26H25FN4O4/c27-21-10-8-19(9-11-21)26(33)29-22-5-3-4-18(16-22)17-28-25(32)20-12-14-30(15-13-20)23-6-1-2-7-24(23)31(34)35/h1-11,16,20H,12-15,17H2,(H,28,32)(H,29,33). The minimum atomic E-state index is -0.411. The molecule has 9 heteroatoms. The smallest absolute Gasteiger partial charge is 0.292 e. The summed E-state index contributed by atoms with van der Waals surface area (Å²) >= 11 is 0. The number of nitrogens with zero attached hydrogens (tertiary/aromatic N) is 2. The fraction of sp³-hybridized carbons (Fsp3) is 0.231. The molecule has 0 atom stereocenters. The first-order valence-corrected chi connectivity index (χ1v) is 11.3. The van der Waals surface area contributed by atoms with E-state index in [1.807, 2.05) is 11.0 Å². The number of hydrogen-bond acceptors (Lipinski definition) is 5. The minimum absolute atomic E-state index is 0.0621. The van der Waals surface area contributed by atoms with E-state index in [0.29, 0.717) is 49.4 Å². The van der Waals surface area contributed by atoms with Gasteiger partial charge in [0.2, 0.25) is 5.91 Å². The zero-order valence-corrected chi connectivity index (χ0v) is 18.9. The van der Waals surface area contributed by atoms with Crippen molar-refractivity contribution in [1.29, 1.82) is 0 Å². The van der Waals surface area contributed by atoms with Crippen LogP contribution in [-0.2, 0) is 11.3 Å². The summed E-state index contributed by atoms with van der Waals surface area (Å²) in [5.41, 5.74) is 2.39. The molecule has 35 heavy (non-hydrogen) atoms. The molecule has 0 aromatic heterocycles. The van der Waals surface area contributed by atoms with Crippen molar-refractivity contribution in [3.8, 4) is 0 Å². The van der Waals surface area contributed by atoms with Crippen LogP contribution in [0.25, 0.3) is 0 Å². The summed E-state index contributed by atoms with van der Waals surface area (Å²) in [6, 6.07) is 19.1. The molecule has 0 spiro atoms. The van der Waals surface area contributed by atoms with Gasteiger partial charge in [-0.1, -0.05) is 24.3 Å². The molecule has 3 aromatic carbocycles. The van der Waals surface area contributed by atoms with Gasteiger partial charge in [-0.25, -0.2) is 4.39 Å². The molecule has 1 fully saturated rings. The third-order valence-corrected chi connectivity index (χ3v) is 6.04. The zero-order chi connectivity index (χ0) is 24.8. The van der Waals surface area contributed by atoms with Crippen LogP contribution < -0.4 is 15.5 Å². The maximum atomic E-state index is 13.1. The fourth-order valence-corrected chi connectivity index (χ4v) is 4.17. The molecular weight excluding hydrogens is 451 g/mol. The average molecular weight is 477 g/mol. The highest BCUT2D eigenvalue weighted by molar-refractivity contribution is 6.04. The van der Waals surface area contributed by atoms with Crippen LogP contribution in [-0.4, -0.2) is 29.8 Å². The zero-order valence-electron chi connectivity index (χ0n) is 18.9. The summed E-state index contributed by atoms with van der Waals surface area (Å²) in [6.45, 7) is 1.44. The van der Waals surface area contributed by atoms with Gasteiger partial charge in [0.15, 0.2) is 0 Å². The molecule has 0 bridgehead atoms. The molecule has 8 nitrogen and oxygen atoms in total. The Hall–Kier alpha value is -4.27. The molecule has 2 N–H and O–H groups in total. The number of para-hydroxylation sites is 2. The summed E-state index contributed by atoms with van der Waals surface area (Å²) in [4.78, 5) is 38.0. The second-order valence-electron chi connectivity index (χ2n) is 8.39. The lowest BCUT2D eigenvalue weighted by atomic mass is 9.95. The maximum absolute atomic E-state index is 13.1. The first kappa shape index (κ1) is 23.9. The van der Waals surface area contributed by atoms with E-state index >= 15 is 0 Å². The van der Waals surface area contributed by atoms with Gasteiger partial charge in [-0.3, -0.25) is 19.7 Å². The molecule has 3 aromatic rings. The summed E-state index contributed by atoms with van der Waals surface area (Å²) < 4.78 is 13.1. The van der Waals surface area contributed by atoms with Crippen molar-refractivity contribution in [2.45, 2.75) is 19.4 Å². The minimum Gasteiger partial charge on any atom is -0.366 e. The Kier molecular flexibility index (Phi) is 7.35. The highest BCUT2D eigenvalue weighted by Gasteiger charge is 2.28. The van der Waals surface area contributed by atoms with E-state index in [-0.39, 0.29) is 28.3 Å². The monoisotopic (exact) mass is 476 g/mol. The quantitative estimate of drug-likeness (QED) is 0.385. The Morgan fingerprint density at radius 3 is 2.43 bits per heavy atom. The van der Waals surface area contributed by atoms with Gasteiger partial charge < -0.3 is 15.5 Å². The molecule has 1 saturated heterocycles. The average Bonchev–Trinajstić information content (AvgIpc) is 2.88. The number of carbonyl (C=O) groups excluding carboxylic acids is 2. The van der Waals surface area contributed by atoms with Crippen LogP contribution in [0.5, 0.6) is 0 Å². The third-order valence-electron chi connectivity index (χ3n) is 6.04. The fourth-order valence-electron chi connectivity index (χ4n) is 4.17. The van der Waals surface area contributed by atoms with Gasteiger partial charge >= 0.3 is 0 Å². The number of halogens is 1. The molecule has 0 saturated carbocycles. The molecule has 0 aliphatic carbocycles. The molecule has 4 rings (SSSR count). The van der Waals surface area contributed by atoms with Crippen molar-refractivity contribution in [2.75, 3.05) is 23.3 Å². The second kappa shape index (κ2) is 10.8. The first-order chi connectivity index (χ1) is 16.9. The van der Waals surface area contributed by atoms with Crippen molar-refractivity contribution in [2.24, 2.45) is 5.92 Å². The number of nitrogens with one attached hydrogen (secondary N) is 2. The first-order valence-electron chi connectivity index (χ1n) is 11.3. The number of hydrogen-bond donors (Lipinski definition) is 2. The number of anilines is 2. The van der Waals surface area contributed by atoms with Crippen LogP contribution in [0.2, 0.25) is 0 Å². The summed E-state index contributed by atoms with van der Waals surface area (Å²) in [5, 5.41) is 17.0. The van der Waals surface area contributed by atoms with Crippen LogP contribution >= 0.6 is 0 Å². The van der Waals surface area contributed by atoms with Crippen LogP contribution in [0, 0.1) is 21.8 Å². The summed E-state index contributed by atoms with van der Waals surface area (Å²) in [6.07, 6.45) is 1.21. The second-order valence-corrected chi connectivity index (χ2v) is 8.39. The van der Waals surface area contributed by atoms with E-state index in [0.717, 1.165) is 5.56 Å². The Labute approximate surface area is 201 Å². The molecule has 1 aliphatic heterocycles. The third kappa shape index (κ3) is 6.00. The van der Waals surface area contributed by atoms with E-state index in [4.69, 9.17) is 0 Å². The van der Waals surface area contributed by atoms with Gasteiger partial charge in [0.05, 0.1) is 4.92 Å². The lowest BCUT2D eigenvalue weighted by Gasteiger charge is -2.32. The van der Waals surface area contributed by atoms with Crippen molar-refractivity contribution >= 4 is 28.9 Å². The Bertz CT molecular complexity index is 1220. The molecule has 180 valence electrons. The van der Waals surface area contributed by atoms with Gasteiger partial charge in [0.25, 0.3) is 11.6 Å². The maximum Gasteiger partial charge on any atom is 0.292 e. The number of nitro groups is 1. The van der Waals surface area contributed by atoms with Crippen LogP contribution in [0.15, 0.2) is 72.8 Å². The Morgan fingerprint density at radius 1 is 1.00 bits per heavy atom.